The minimum Gasteiger partial charge on any atom is -0.292 e. The Bertz CT molecular complexity index is 1020. The number of carbonyl (C=O) groups excluding carboxylic acids is 1. The minimum absolute atomic E-state index is 0.182. The number of Topliss-reactive ketones (excluding diaryl/α,β-unsaturated/α-hetero) is 1. The van der Waals surface area contributed by atoms with Gasteiger partial charge in [-0.1, -0.05) is 78.9 Å². The van der Waals surface area contributed by atoms with E-state index in [1.807, 2.05) is 36.4 Å². The summed E-state index contributed by atoms with van der Waals surface area (Å²) >= 11 is 0. The van der Waals surface area contributed by atoms with Crippen molar-refractivity contribution in [3.8, 4) is 0 Å². The van der Waals surface area contributed by atoms with Crippen LogP contribution in [0.4, 0.5) is 0 Å². The second-order valence-electron chi connectivity index (χ2n) is 6.18. The first-order valence-electron chi connectivity index (χ1n) is 8.33. The van der Waals surface area contributed by atoms with Crippen molar-refractivity contribution in [1.82, 2.24) is 4.31 Å². The van der Waals surface area contributed by atoms with Gasteiger partial charge < -0.3 is 0 Å². The second-order valence-corrected chi connectivity index (χ2v) is 8.02. The smallest absolute Gasteiger partial charge is 0.244 e. The molecule has 5 heteroatoms. The van der Waals surface area contributed by atoms with Crippen LogP contribution in [0.25, 0.3) is 0 Å². The molecule has 3 aromatic carbocycles. The maximum atomic E-state index is 13.1. The lowest BCUT2D eigenvalue weighted by molar-refractivity contribution is 0.0981. The van der Waals surface area contributed by atoms with Gasteiger partial charge in [-0.2, -0.15) is 4.31 Å². The highest BCUT2D eigenvalue weighted by Gasteiger charge is 2.60. The van der Waals surface area contributed by atoms with Crippen molar-refractivity contribution >= 4 is 15.8 Å². The van der Waals surface area contributed by atoms with Crippen molar-refractivity contribution in [2.24, 2.45) is 0 Å². The maximum Gasteiger partial charge on any atom is 0.244 e. The fourth-order valence-corrected chi connectivity index (χ4v) is 4.97. The Hall–Kier alpha value is -2.76. The molecule has 130 valence electrons. The molecule has 3 aromatic rings. The number of carbonyl (C=O) groups is 1. The van der Waals surface area contributed by atoms with Crippen LogP contribution >= 0.6 is 0 Å². The largest absolute Gasteiger partial charge is 0.292 e. The summed E-state index contributed by atoms with van der Waals surface area (Å²) in [5, 5.41) is 0. The lowest BCUT2D eigenvalue weighted by Crippen LogP contribution is -2.19. The van der Waals surface area contributed by atoms with Gasteiger partial charge in [0.2, 0.25) is 10.0 Å². The van der Waals surface area contributed by atoms with E-state index < -0.39 is 22.1 Å². The molecular weight excluding hydrogens is 346 g/mol. The summed E-state index contributed by atoms with van der Waals surface area (Å²) in [5.74, 6) is -0.182. The fourth-order valence-electron chi connectivity index (χ4n) is 3.24. The fraction of sp³-hybridized carbons (Fsp3) is 0.0952. The third-order valence-corrected chi connectivity index (χ3v) is 6.42. The summed E-state index contributed by atoms with van der Waals surface area (Å²) in [6.45, 7) is 0. The van der Waals surface area contributed by atoms with Gasteiger partial charge in [0.25, 0.3) is 0 Å². The Labute approximate surface area is 152 Å². The molecule has 1 fully saturated rings. The van der Waals surface area contributed by atoms with E-state index in [0.29, 0.717) is 5.56 Å². The highest BCUT2D eigenvalue weighted by Crippen LogP contribution is 2.48. The number of benzene rings is 3. The van der Waals surface area contributed by atoms with Crippen molar-refractivity contribution in [3.63, 3.8) is 0 Å². The van der Waals surface area contributed by atoms with Gasteiger partial charge in [0.1, 0.15) is 6.04 Å². The molecule has 1 aliphatic heterocycles. The average molecular weight is 363 g/mol. The van der Waals surface area contributed by atoms with Crippen LogP contribution in [0, 0.1) is 0 Å². The van der Waals surface area contributed by atoms with Crippen molar-refractivity contribution < 1.29 is 13.2 Å². The van der Waals surface area contributed by atoms with Gasteiger partial charge in [-0.3, -0.25) is 4.79 Å². The molecule has 0 N–H and O–H groups in total. The number of sulfonamides is 1. The summed E-state index contributed by atoms with van der Waals surface area (Å²) in [5.41, 5.74) is 1.34. The number of ketones is 1. The quantitative estimate of drug-likeness (QED) is 0.513. The first-order valence-corrected chi connectivity index (χ1v) is 9.77. The lowest BCUT2D eigenvalue weighted by atomic mass is 10.0. The molecule has 0 bridgehead atoms. The Morgan fingerprint density at radius 3 is 1.81 bits per heavy atom. The van der Waals surface area contributed by atoms with Gasteiger partial charge in [0, 0.05) is 5.56 Å². The summed E-state index contributed by atoms with van der Waals surface area (Å²) in [6, 6.07) is 25.2. The molecule has 0 amide bonds. The van der Waals surface area contributed by atoms with Gasteiger partial charge >= 0.3 is 0 Å². The molecule has 26 heavy (non-hydrogen) atoms. The van der Waals surface area contributed by atoms with E-state index in [0.717, 1.165) is 5.56 Å². The second kappa shape index (κ2) is 6.52. The maximum absolute atomic E-state index is 13.1. The zero-order valence-corrected chi connectivity index (χ0v) is 14.7. The third kappa shape index (κ3) is 2.85. The van der Waals surface area contributed by atoms with Crippen LogP contribution in [0.15, 0.2) is 95.9 Å². The van der Waals surface area contributed by atoms with Crippen LogP contribution in [-0.4, -0.2) is 24.5 Å². The zero-order chi connectivity index (χ0) is 18.1. The topological polar surface area (TPSA) is 54.2 Å². The molecule has 0 radical (unpaired) electrons. The van der Waals surface area contributed by atoms with E-state index in [2.05, 4.69) is 0 Å². The van der Waals surface area contributed by atoms with Crippen molar-refractivity contribution in [2.45, 2.75) is 17.0 Å². The Kier molecular flexibility index (Phi) is 4.18. The SMILES string of the molecule is O=C(c1ccccc1)[C@@H]1[C@@H](c2ccccc2)N1S(=O)(=O)c1ccccc1. The van der Waals surface area contributed by atoms with Crippen LogP contribution in [0.5, 0.6) is 0 Å². The van der Waals surface area contributed by atoms with Gasteiger partial charge in [-0.15, -0.1) is 0 Å². The van der Waals surface area contributed by atoms with E-state index in [-0.39, 0.29) is 10.7 Å². The van der Waals surface area contributed by atoms with Gasteiger partial charge in [0.05, 0.1) is 10.9 Å². The molecule has 1 aliphatic rings. The Balaban J connectivity index is 1.75. The summed E-state index contributed by atoms with van der Waals surface area (Å²) in [6.07, 6.45) is 0. The molecule has 1 heterocycles. The molecule has 4 nitrogen and oxygen atoms in total. The van der Waals surface area contributed by atoms with Crippen LogP contribution in [0.1, 0.15) is 22.0 Å². The lowest BCUT2D eigenvalue weighted by Gasteiger charge is -2.06. The van der Waals surface area contributed by atoms with E-state index in [4.69, 9.17) is 0 Å². The molecule has 0 saturated carbocycles. The van der Waals surface area contributed by atoms with Crippen LogP contribution < -0.4 is 0 Å². The standard InChI is InChI=1S/C21H17NO3S/c23-21(17-12-6-2-7-13-17)20-19(16-10-4-1-5-11-16)22(20)26(24,25)18-14-8-3-9-15-18/h1-15,19-20H/t19-,20+,22?/m1/s1. The summed E-state index contributed by atoms with van der Waals surface area (Å²) in [7, 11) is -3.75. The van der Waals surface area contributed by atoms with Crippen LogP contribution in [0.2, 0.25) is 0 Å². The molecular formula is C21H17NO3S. The van der Waals surface area contributed by atoms with E-state index in [9.17, 15) is 13.2 Å². The predicted molar refractivity (Wildman–Crippen MR) is 99.2 cm³/mol. The molecule has 0 aliphatic carbocycles. The molecule has 0 aromatic heterocycles. The Morgan fingerprint density at radius 2 is 1.23 bits per heavy atom. The molecule has 1 saturated heterocycles. The van der Waals surface area contributed by atoms with Crippen LogP contribution in [0.3, 0.4) is 0 Å². The molecule has 3 atom stereocenters. The third-order valence-electron chi connectivity index (χ3n) is 4.54. The van der Waals surface area contributed by atoms with Gasteiger partial charge in [0.15, 0.2) is 5.78 Å². The van der Waals surface area contributed by atoms with E-state index in [1.165, 1.54) is 4.31 Å². The summed E-state index contributed by atoms with van der Waals surface area (Å²) in [4.78, 5) is 13.2. The van der Waals surface area contributed by atoms with Crippen molar-refractivity contribution in [1.29, 1.82) is 0 Å². The number of rotatable bonds is 5. The highest BCUT2D eigenvalue weighted by atomic mass is 32.2. The van der Waals surface area contributed by atoms with Crippen molar-refractivity contribution in [3.05, 3.63) is 102 Å². The number of nitrogens with zero attached hydrogens (tertiary/aromatic N) is 1. The van der Waals surface area contributed by atoms with Gasteiger partial charge in [-0.25, -0.2) is 8.42 Å². The Morgan fingerprint density at radius 1 is 0.731 bits per heavy atom. The van der Waals surface area contributed by atoms with E-state index >= 15 is 0 Å². The molecule has 1 unspecified atom stereocenters. The molecule has 0 spiro atoms. The normalized spacial score (nSPS) is 21.9. The molecule has 4 rings (SSSR count). The number of hydrogen-bond acceptors (Lipinski definition) is 3. The van der Waals surface area contributed by atoms with E-state index in [1.54, 1.807) is 54.6 Å². The zero-order valence-electron chi connectivity index (χ0n) is 13.9. The predicted octanol–water partition coefficient (Wildman–Crippen LogP) is 3.68. The van der Waals surface area contributed by atoms with Crippen LogP contribution in [-0.2, 0) is 10.0 Å². The summed E-state index contributed by atoms with van der Waals surface area (Å²) < 4.78 is 27.5. The average Bonchev–Trinajstić information content (AvgIpc) is 3.46. The number of hydrogen-bond donors (Lipinski definition) is 0. The van der Waals surface area contributed by atoms with Crippen molar-refractivity contribution in [2.75, 3.05) is 0 Å². The first-order chi connectivity index (χ1) is 12.6. The van der Waals surface area contributed by atoms with Gasteiger partial charge in [-0.05, 0) is 17.7 Å². The monoisotopic (exact) mass is 363 g/mol. The minimum atomic E-state index is -3.75. The first kappa shape index (κ1) is 16.7. The highest BCUT2D eigenvalue weighted by molar-refractivity contribution is 7.89.